The highest BCUT2D eigenvalue weighted by atomic mass is 79.9. The summed E-state index contributed by atoms with van der Waals surface area (Å²) in [6.45, 7) is 15.7. The maximum atomic E-state index is 4.56. The van der Waals surface area contributed by atoms with Crippen LogP contribution in [0.4, 0.5) is 0 Å². The highest BCUT2D eigenvalue weighted by Gasteiger charge is 2.39. The second kappa shape index (κ2) is 11.5. The summed E-state index contributed by atoms with van der Waals surface area (Å²) in [7, 11) is 0. The van der Waals surface area contributed by atoms with Crippen molar-refractivity contribution in [3.8, 4) is 0 Å². The van der Waals surface area contributed by atoms with E-state index in [4.69, 9.17) is 0 Å². The average Bonchev–Trinajstić information content (AvgIpc) is 3.04. The number of halogens is 1. The van der Waals surface area contributed by atoms with Crippen molar-refractivity contribution in [2.45, 2.75) is 99.5 Å². The average molecular weight is 464 g/mol. The summed E-state index contributed by atoms with van der Waals surface area (Å²) in [4.78, 5) is 4.56. The molecule has 2 rings (SSSR count). The summed E-state index contributed by atoms with van der Waals surface area (Å²) in [6.07, 6.45) is 15.0. The Morgan fingerprint density at radius 1 is 0.862 bits per heavy atom. The Balaban J connectivity index is 1.62. The van der Waals surface area contributed by atoms with Crippen LogP contribution in [-0.2, 0) is 6.54 Å². The second-order valence-corrected chi connectivity index (χ2v) is 10.8. The first-order valence-corrected chi connectivity index (χ1v) is 12.7. The molecule has 0 atom stereocenters. The third kappa shape index (κ3) is 6.32. The van der Waals surface area contributed by atoms with Crippen LogP contribution in [0.5, 0.6) is 0 Å². The van der Waals surface area contributed by atoms with E-state index in [9.17, 15) is 0 Å². The van der Waals surface area contributed by atoms with Crippen molar-refractivity contribution in [2.24, 2.45) is 23.2 Å². The Morgan fingerprint density at radius 2 is 1.41 bits per heavy atom. The summed E-state index contributed by atoms with van der Waals surface area (Å²) < 4.78 is 3.35. The number of nitrogens with zero attached hydrogens (tertiary/aromatic N) is 2. The number of aromatic nitrogens is 2. The van der Waals surface area contributed by atoms with Gasteiger partial charge in [0.05, 0.1) is 0 Å². The zero-order chi connectivity index (χ0) is 21.4. The largest absolute Gasteiger partial charge is 0.333 e. The maximum Gasteiger partial charge on any atom is 0.139 e. The standard InChI is InChI=1S/C26H43BrN2/c1-20(2)26(21(3)4,22(5)6)15-12-10-8-7-9-11-13-16-29-17-14-23-18-24(27)19-28-25(23)29/h14,17-22H,7-13,15-16H2,1-6H3. The van der Waals surface area contributed by atoms with Gasteiger partial charge in [-0.2, -0.15) is 0 Å². The Labute approximate surface area is 188 Å². The van der Waals surface area contributed by atoms with Crippen molar-refractivity contribution < 1.29 is 0 Å². The molecule has 2 heterocycles. The molecular weight excluding hydrogens is 420 g/mol. The molecule has 2 aromatic heterocycles. The molecule has 0 saturated heterocycles. The second-order valence-electron chi connectivity index (χ2n) is 9.88. The zero-order valence-electron chi connectivity index (χ0n) is 19.7. The quantitative estimate of drug-likeness (QED) is 0.271. The van der Waals surface area contributed by atoms with Crippen molar-refractivity contribution in [3.63, 3.8) is 0 Å². The SMILES string of the molecule is CC(C)C(CCCCCCCCCn1ccc2cc(Br)cnc21)(C(C)C)C(C)C. The van der Waals surface area contributed by atoms with Crippen LogP contribution in [0.2, 0.25) is 0 Å². The van der Waals surface area contributed by atoms with Crippen LogP contribution in [0, 0.1) is 23.2 Å². The van der Waals surface area contributed by atoms with E-state index in [2.05, 4.69) is 85.4 Å². The van der Waals surface area contributed by atoms with Crippen LogP contribution in [-0.4, -0.2) is 9.55 Å². The van der Waals surface area contributed by atoms with Crippen LogP contribution in [0.15, 0.2) is 29.0 Å². The molecule has 29 heavy (non-hydrogen) atoms. The molecular formula is C26H43BrN2. The molecule has 164 valence electrons. The number of hydrogen-bond acceptors (Lipinski definition) is 1. The lowest BCUT2D eigenvalue weighted by atomic mass is 9.60. The van der Waals surface area contributed by atoms with Gasteiger partial charge in [-0.25, -0.2) is 4.98 Å². The Bertz CT molecular complexity index is 708. The van der Waals surface area contributed by atoms with Gasteiger partial charge >= 0.3 is 0 Å². The van der Waals surface area contributed by atoms with Crippen LogP contribution in [0.1, 0.15) is 92.9 Å². The lowest BCUT2D eigenvalue weighted by Gasteiger charge is -2.45. The Morgan fingerprint density at radius 3 is 2.00 bits per heavy atom. The van der Waals surface area contributed by atoms with Gasteiger partial charge in [0.2, 0.25) is 0 Å². The summed E-state index contributed by atoms with van der Waals surface area (Å²) in [5.41, 5.74) is 1.61. The third-order valence-electron chi connectivity index (χ3n) is 7.30. The molecule has 0 N–H and O–H groups in total. The molecule has 0 aliphatic carbocycles. The molecule has 0 saturated carbocycles. The van der Waals surface area contributed by atoms with Gasteiger partial charge in [-0.15, -0.1) is 0 Å². The van der Waals surface area contributed by atoms with Gasteiger partial charge in [-0.3, -0.25) is 0 Å². The van der Waals surface area contributed by atoms with Crippen LogP contribution < -0.4 is 0 Å². The van der Waals surface area contributed by atoms with E-state index in [1.165, 1.54) is 56.8 Å². The predicted molar refractivity (Wildman–Crippen MR) is 131 cm³/mol. The van der Waals surface area contributed by atoms with E-state index in [0.717, 1.165) is 34.4 Å². The Hall–Kier alpha value is -0.830. The van der Waals surface area contributed by atoms with Crippen molar-refractivity contribution in [3.05, 3.63) is 29.0 Å². The van der Waals surface area contributed by atoms with Crippen LogP contribution in [0.3, 0.4) is 0 Å². The third-order valence-corrected chi connectivity index (χ3v) is 7.74. The summed E-state index contributed by atoms with van der Waals surface area (Å²) >= 11 is 3.50. The summed E-state index contributed by atoms with van der Waals surface area (Å²) in [6, 6.07) is 4.31. The maximum absolute atomic E-state index is 4.56. The highest BCUT2D eigenvalue weighted by Crippen LogP contribution is 2.47. The molecule has 0 aliphatic rings. The lowest BCUT2D eigenvalue weighted by Crippen LogP contribution is -2.38. The first-order chi connectivity index (χ1) is 13.8. The molecule has 2 nitrogen and oxygen atoms in total. The Kier molecular flexibility index (Phi) is 9.72. The molecule has 0 aromatic carbocycles. The number of fused-ring (bicyclic) bond motifs is 1. The normalized spacial score (nSPS) is 12.8. The minimum atomic E-state index is 0.503. The molecule has 3 heteroatoms. The number of hydrogen-bond donors (Lipinski definition) is 0. The molecule has 0 radical (unpaired) electrons. The van der Waals surface area contributed by atoms with Crippen LogP contribution in [0.25, 0.3) is 11.0 Å². The number of aryl methyl sites for hydroxylation is 1. The fourth-order valence-electron chi connectivity index (χ4n) is 5.69. The van der Waals surface area contributed by atoms with Gasteiger partial charge in [-0.1, -0.05) is 80.1 Å². The van der Waals surface area contributed by atoms with Gasteiger partial charge in [0.25, 0.3) is 0 Å². The van der Waals surface area contributed by atoms with Gasteiger partial charge in [-0.05, 0) is 64.1 Å². The highest BCUT2D eigenvalue weighted by molar-refractivity contribution is 9.10. The van der Waals surface area contributed by atoms with E-state index < -0.39 is 0 Å². The molecule has 0 aliphatic heterocycles. The number of rotatable bonds is 13. The molecule has 2 aromatic rings. The van der Waals surface area contributed by atoms with Crippen molar-refractivity contribution in [1.82, 2.24) is 9.55 Å². The van der Waals surface area contributed by atoms with Gasteiger partial charge in [0.15, 0.2) is 0 Å². The smallest absolute Gasteiger partial charge is 0.139 e. The summed E-state index contributed by atoms with van der Waals surface area (Å²) in [5, 5.41) is 1.22. The lowest BCUT2D eigenvalue weighted by molar-refractivity contribution is 0.0356. The zero-order valence-corrected chi connectivity index (χ0v) is 21.3. The molecule has 0 unspecified atom stereocenters. The predicted octanol–water partition coefficient (Wildman–Crippen LogP) is 8.87. The van der Waals surface area contributed by atoms with Gasteiger partial charge in [0.1, 0.15) is 5.65 Å². The fraction of sp³-hybridized carbons (Fsp3) is 0.731. The van der Waals surface area contributed by atoms with E-state index in [1.807, 2.05) is 6.20 Å². The van der Waals surface area contributed by atoms with E-state index in [-0.39, 0.29) is 0 Å². The topological polar surface area (TPSA) is 17.8 Å². The first-order valence-electron chi connectivity index (χ1n) is 11.9. The minimum Gasteiger partial charge on any atom is -0.333 e. The number of pyridine rings is 1. The van der Waals surface area contributed by atoms with Crippen molar-refractivity contribution in [1.29, 1.82) is 0 Å². The van der Waals surface area contributed by atoms with E-state index in [1.54, 1.807) is 0 Å². The van der Waals surface area contributed by atoms with Gasteiger partial charge < -0.3 is 4.57 Å². The van der Waals surface area contributed by atoms with Crippen molar-refractivity contribution >= 4 is 27.0 Å². The monoisotopic (exact) mass is 462 g/mol. The summed E-state index contributed by atoms with van der Waals surface area (Å²) in [5.74, 6) is 2.30. The molecule has 0 amide bonds. The number of unbranched alkanes of at least 4 members (excludes halogenated alkanes) is 6. The fourth-order valence-corrected chi connectivity index (χ4v) is 6.04. The minimum absolute atomic E-state index is 0.503. The van der Waals surface area contributed by atoms with E-state index in [0.29, 0.717) is 5.41 Å². The van der Waals surface area contributed by atoms with Crippen LogP contribution >= 0.6 is 15.9 Å². The molecule has 0 spiro atoms. The van der Waals surface area contributed by atoms with E-state index >= 15 is 0 Å². The molecule has 0 bridgehead atoms. The molecule has 0 fully saturated rings. The first kappa shape index (κ1) is 24.4. The van der Waals surface area contributed by atoms with Gasteiger partial charge in [0, 0.05) is 28.8 Å². The van der Waals surface area contributed by atoms with Crippen molar-refractivity contribution in [2.75, 3.05) is 0 Å².